The number of pyridine rings is 1. The van der Waals surface area contributed by atoms with Crippen molar-refractivity contribution < 1.29 is 4.57 Å². The maximum atomic E-state index is 2.34. The quantitative estimate of drug-likeness (QED) is 0.596. The molecule has 1 aromatic heterocycles. The van der Waals surface area contributed by atoms with Crippen LogP contribution in [0.5, 0.6) is 0 Å². The Bertz CT molecular complexity index is 446. The topological polar surface area (TPSA) is 3.88 Å². The minimum absolute atomic E-state index is 0. The average molecular weight is 328 g/mol. The highest BCUT2D eigenvalue weighted by molar-refractivity contribution is 14.0. The van der Waals surface area contributed by atoms with Gasteiger partial charge < -0.3 is 0 Å². The van der Waals surface area contributed by atoms with E-state index in [1.54, 1.807) is 0 Å². The van der Waals surface area contributed by atoms with Crippen LogP contribution in [0.25, 0.3) is 10.9 Å². The second-order valence-electron chi connectivity index (χ2n) is 4.44. The fourth-order valence-corrected chi connectivity index (χ4v) is 1.81. The fraction of sp³-hybridized carbons (Fsp3) is 0.357. The molecule has 0 saturated heterocycles. The van der Waals surface area contributed by atoms with Crippen molar-refractivity contribution >= 4 is 34.9 Å². The molecule has 0 N–H and O–H groups in total. The Morgan fingerprint density at radius 3 is 2.50 bits per heavy atom. The number of halogens is 1. The van der Waals surface area contributed by atoms with Crippen LogP contribution in [-0.4, -0.2) is 0 Å². The van der Waals surface area contributed by atoms with E-state index in [-0.39, 0.29) is 24.0 Å². The predicted octanol–water partition coefficient (Wildman–Crippen LogP) is 3.79. The summed E-state index contributed by atoms with van der Waals surface area (Å²) >= 11 is 0. The molecule has 0 aliphatic heterocycles. The number of aromatic nitrogens is 1. The van der Waals surface area contributed by atoms with Gasteiger partial charge in [-0.05, 0) is 18.1 Å². The van der Waals surface area contributed by atoms with E-state index in [2.05, 4.69) is 61.0 Å². The molecular weight excluding hydrogens is 309 g/mol. The van der Waals surface area contributed by atoms with Gasteiger partial charge in [0.1, 0.15) is 6.54 Å². The Morgan fingerprint density at radius 2 is 1.75 bits per heavy atom. The summed E-state index contributed by atoms with van der Waals surface area (Å²) in [5, 5.41) is 1.32. The van der Waals surface area contributed by atoms with Gasteiger partial charge in [-0.2, -0.15) is 4.57 Å². The first kappa shape index (κ1) is 13.4. The summed E-state index contributed by atoms with van der Waals surface area (Å²) in [4.78, 5) is 0. The second-order valence-corrected chi connectivity index (χ2v) is 4.44. The largest absolute Gasteiger partial charge is 0.212 e. The molecule has 0 unspecified atom stereocenters. The van der Waals surface area contributed by atoms with Crippen molar-refractivity contribution in [2.24, 2.45) is 5.92 Å². The standard InChI is InChI=1S/C14H18N.HI/c1-12(2)9-11-15-10-5-7-13-6-3-4-8-14(13)15;/h3-8,10,12H,9,11H2,1-2H3;1H/q+1;. The second kappa shape index (κ2) is 6.18. The monoisotopic (exact) mass is 328 g/mol. The van der Waals surface area contributed by atoms with Gasteiger partial charge in [-0.15, -0.1) is 24.0 Å². The van der Waals surface area contributed by atoms with Crippen LogP contribution < -0.4 is 4.57 Å². The minimum Gasteiger partial charge on any atom is -0.198 e. The van der Waals surface area contributed by atoms with E-state index < -0.39 is 0 Å². The lowest BCUT2D eigenvalue weighted by atomic mass is 10.1. The summed E-state index contributed by atoms with van der Waals surface area (Å²) in [6.45, 7) is 5.65. The number of rotatable bonds is 3. The van der Waals surface area contributed by atoms with Crippen molar-refractivity contribution in [2.45, 2.75) is 26.8 Å². The zero-order valence-corrected chi connectivity index (χ0v) is 12.2. The summed E-state index contributed by atoms with van der Waals surface area (Å²) < 4.78 is 2.34. The molecule has 16 heavy (non-hydrogen) atoms. The zero-order valence-electron chi connectivity index (χ0n) is 9.89. The van der Waals surface area contributed by atoms with Gasteiger partial charge in [-0.25, -0.2) is 0 Å². The molecule has 0 radical (unpaired) electrons. The summed E-state index contributed by atoms with van der Waals surface area (Å²) in [6, 6.07) is 12.9. The third-order valence-corrected chi connectivity index (χ3v) is 2.74. The minimum atomic E-state index is 0. The smallest absolute Gasteiger partial charge is 0.198 e. The van der Waals surface area contributed by atoms with Crippen molar-refractivity contribution in [1.29, 1.82) is 0 Å². The number of fused-ring (bicyclic) bond motifs is 1. The van der Waals surface area contributed by atoms with E-state index in [0.29, 0.717) is 0 Å². The fourth-order valence-electron chi connectivity index (χ4n) is 1.81. The van der Waals surface area contributed by atoms with Gasteiger partial charge in [-0.3, -0.25) is 0 Å². The Labute approximate surface area is 115 Å². The predicted molar refractivity (Wildman–Crippen MR) is 79.0 cm³/mol. The number of nitrogens with zero attached hydrogens (tertiary/aromatic N) is 1. The van der Waals surface area contributed by atoms with Crippen molar-refractivity contribution in [3.63, 3.8) is 0 Å². The Morgan fingerprint density at radius 1 is 1.06 bits per heavy atom. The van der Waals surface area contributed by atoms with E-state index in [1.165, 1.54) is 17.3 Å². The van der Waals surface area contributed by atoms with Gasteiger partial charge in [-0.1, -0.05) is 26.0 Å². The molecule has 1 heterocycles. The van der Waals surface area contributed by atoms with E-state index >= 15 is 0 Å². The van der Waals surface area contributed by atoms with Crippen molar-refractivity contribution in [2.75, 3.05) is 0 Å². The molecule has 0 spiro atoms. The molecule has 0 saturated carbocycles. The van der Waals surface area contributed by atoms with Gasteiger partial charge in [0, 0.05) is 23.9 Å². The van der Waals surface area contributed by atoms with Gasteiger partial charge in [0.2, 0.25) is 5.52 Å². The van der Waals surface area contributed by atoms with Crippen LogP contribution in [0.3, 0.4) is 0 Å². The highest BCUT2D eigenvalue weighted by Crippen LogP contribution is 2.08. The Hall–Kier alpha value is -0.640. The van der Waals surface area contributed by atoms with Gasteiger partial charge in [0.15, 0.2) is 6.20 Å². The summed E-state index contributed by atoms with van der Waals surface area (Å²) in [6.07, 6.45) is 3.41. The zero-order chi connectivity index (χ0) is 10.7. The Balaban J connectivity index is 0.00000128. The van der Waals surface area contributed by atoms with Crippen LogP contribution >= 0.6 is 24.0 Å². The molecule has 1 aromatic carbocycles. The third-order valence-electron chi connectivity index (χ3n) is 2.74. The van der Waals surface area contributed by atoms with Gasteiger partial charge in [0.25, 0.3) is 0 Å². The number of hydrogen-bond acceptors (Lipinski definition) is 0. The highest BCUT2D eigenvalue weighted by Gasteiger charge is 2.07. The number of benzene rings is 1. The number of aryl methyl sites for hydroxylation is 1. The molecular formula is C14H19IN+. The molecule has 0 fully saturated rings. The molecule has 2 rings (SSSR count). The molecule has 0 atom stereocenters. The first-order valence-corrected chi connectivity index (χ1v) is 5.64. The van der Waals surface area contributed by atoms with E-state index in [9.17, 15) is 0 Å². The lowest BCUT2D eigenvalue weighted by Crippen LogP contribution is -2.34. The summed E-state index contributed by atoms with van der Waals surface area (Å²) in [5.41, 5.74) is 1.33. The molecule has 2 aromatic rings. The van der Waals surface area contributed by atoms with Crippen molar-refractivity contribution in [3.8, 4) is 0 Å². The molecule has 86 valence electrons. The maximum Gasteiger partial charge on any atom is 0.212 e. The number of hydrogen-bond donors (Lipinski definition) is 0. The van der Waals surface area contributed by atoms with Crippen LogP contribution in [0.1, 0.15) is 20.3 Å². The van der Waals surface area contributed by atoms with Crippen LogP contribution in [0.2, 0.25) is 0 Å². The molecule has 0 aliphatic carbocycles. The van der Waals surface area contributed by atoms with Crippen molar-refractivity contribution in [1.82, 2.24) is 0 Å². The average Bonchev–Trinajstić information content (AvgIpc) is 2.26. The van der Waals surface area contributed by atoms with Crippen LogP contribution in [0, 0.1) is 5.92 Å². The molecule has 2 heteroatoms. The molecule has 0 bridgehead atoms. The first-order chi connectivity index (χ1) is 7.27. The van der Waals surface area contributed by atoms with Crippen molar-refractivity contribution in [3.05, 3.63) is 42.6 Å². The maximum absolute atomic E-state index is 2.34. The van der Waals surface area contributed by atoms with E-state index in [1.807, 2.05) is 0 Å². The molecule has 0 amide bonds. The van der Waals surface area contributed by atoms with Crippen LogP contribution in [0.15, 0.2) is 42.6 Å². The highest BCUT2D eigenvalue weighted by atomic mass is 127. The van der Waals surface area contributed by atoms with Gasteiger partial charge >= 0.3 is 0 Å². The lowest BCUT2D eigenvalue weighted by Gasteiger charge is -2.03. The molecule has 1 nitrogen and oxygen atoms in total. The number of para-hydroxylation sites is 1. The van der Waals surface area contributed by atoms with Crippen LogP contribution in [0.4, 0.5) is 0 Å². The van der Waals surface area contributed by atoms with Gasteiger partial charge in [0.05, 0.1) is 0 Å². The first-order valence-electron chi connectivity index (χ1n) is 5.64. The Kier molecular flexibility index (Phi) is 5.19. The summed E-state index contributed by atoms with van der Waals surface area (Å²) in [7, 11) is 0. The van der Waals surface area contributed by atoms with E-state index in [4.69, 9.17) is 0 Å². The third kappa shape index (κ3) is 3.17. The normalized spacial score (nSPS) is 10.4. The lowest BCUT2D eigenvalue weighted by molar-refractivity contribution is -0.672. The van der Waals surface area contributed by atoms with E-state index in [0.717, 1.165) is 12.5 Å². The SMILES string of the molecule is CC(C)CC[n+]1cccc2ccccc21.I. The summed E-state index contributed by atoms with van der Waals surface area (Å²) in [5.74, 6) is 0.761. The molecule has 0 aliphatic rings. The van der Waals surface area contributed by atoms with Crippen LogP contribution in [-0.2, 0) is 6.54 Å².